The van der Waals surface area contributed by atoms with Gasteiger partial charge in [-0.2, -0.15) is 0 Å². The van der Waals surface area contributed by atoms with E-state index in [4.69, 9.17) is 10.4 Å². The fraction of sp³-hybridized carbons (Fsp3) is 0.667. The molecule has 1 aliphatic heterocycles. The van der Waals surface area contributed by atoms with Crippen molar-refractivity contribution < 1.29 is 10.4 Å². The summed E-state index contributed by atoms with van der Waals surface area (Å²) in [6.45, 7) is 0.334. The van der Waals surface area contributed by atoms with Crippen molar-refractivity contribution in [2.45, 2.75) is 0 Å². The third-order valence-corrected chi connectivity index (χ3v) is 0.768. The normalized spacial score (nSPS) is 22.0. The second-order valence-corrected chi connectivity index (χ2v) is 1.53. The molecule has 5 nitrogen and oxygen atoms in total. The third kappa shape index (κ3) is 1.16. The lowest BCUT2D eigenvalue weighted by Crippen LogP contribution is -2.37. The molecular formula is C3H7N3O2. The average molecular weight is 117 g/mol. The summed E-state index contributed by atoms with van der Waals surface area (Å²) >= 11 is 0. The van der Waals surface area contributed by atoms with Gasteiger partial charge in [-0.25, -0.2) is 5.06 Å². The summed E-state index contributed by atoms with van der Waals surface area (Å²) < 4.78 is 0. The van der Waals surface area contributed by atoms with Crippen LogP contribution in [0.4, 0.5) is 0 Å². The Labute approximate surface area is 46.4 Å². The third-order valence-electron chi connectivity index (χ3n) is 0.768. The number of rotatable bonds is 0. The maximum atomic E-state index is 8.60. The van der Waals surface area contributed by atoms with Crippen LogP contribution in [0, 0.1) is 0 Å². The van der Waals surface area contributed by atoms with Gasteiger partial charge in [0.1, 0.15) is 19.7 Å². The SMILES string of the molecule is ON1C=NCN(O)C1. The number of hydrogen-bond acceptors (Lipinski definition) is 5. The molecule has 0 fully saturated rings. The van der Waals surface area contributed by atoms with Gasteiger partial charge in [-0.3, -0.25) is 10.2 Å². The number of nitrogens with zero attached hydrogens (tertiary/aromatic N) is 3. The van der Waals surface area contributed by atoms with Crippen molar-refractivity contribution in [2.24, 2.45) is 4.99 Å². The van der Waals surface area contributed by atoms with Crippen LogP contribution in [0.3, 0.4) is 0 Å². The quantitative estimate of drug-likeness (QED) is 0.441. The Morgan fingerprint density at radius 3 is 2.62 bits per heavy atom. The first kappa shape index (κ1) is 5.49. The Bertz CT molecular complexity index is 105. The highest BCUT2D eigenvalue weighted by molar-refractivity contribution is 5.53. The van der Waals surface area contributed by atoms with Crippen molar-refractivity contribution in [3.63, 3.8) is 0 Å². The Morgan fingerprint density at radius 2 is 2.25 bits per heavy atom. The van der Waals surface area contributed by atoms with Crippen LogP contribution >= 0.6 is 0 Å². The molecule has 0 aromatic heterocycles. The topological polar surface area (TPSA) is 59.3 Å². The molecule has 46 valence electrons. The molecule has 0 saturated heterocycles. The molecule has 5 heteroatoms. The Balaban J connectivity index is 2.42. The summed E-state index contributed by atoms with van der Waals surface area (Å²) in [4.78, 5) is 3.57. The van der Waals surface area contributed by atoms with E-state index in [1.165, 1.54) is 6.34 Å². The Kier molecular flexibility index (Phi) is 1.43. The minimum atomic E-state index is 0.101. The molecule has 0 aromatic rings. The summed E-state index contributed by atoms with van der Waals surface area (Å²) in [5, 5.41) is 18.8. The predicted octanol–water partition coefficient (Wildman–Crippen LogP) is -0.674. The molecule has 0 unspecified atom stereocenters. The van der Waals surface area contributed by atoms with Gasteiger partial charge >= 0.3 is 0 Å². The predicted molar refractivity (Wildman–Crippen MR) is 25.5 cm³/mol. The highest BCUT2D eigenvalue weighted by Crippen LogP contribution is 1.90. The molecule has 0 spiro atoms. The molecule has 0 bridgehead atoms. The average Bonchev–Trinajstić information content (AvgIpc) is 1.64. The van der Waals surface area contributed by atoms with Crippen molar-refractivity contribution in [3.8, 4) is 0 Å². The van der Waals surface area contributed by atoms with E-state index in [1.807, 2.05) is 0 Å². The van der Waals surface area contributed by atoms with E-state index < -0.39 is 0 Å². The number of aliphatic imine (C=N–C) groups is 1. The summed E-state index contributed by atoms with van der Waals surface area (Å²) in [7, 11) is 0. The van der Waals surface area contributed by atoms with Gasteiger partial charge < -0.3 is 5.21 Å². The van der Waals surface area contributed by atoms with E-state index in [9.17, 15) is 0 Å². The Morgan fingerprint density at radius 1 is 1.50 bits per heavy atom. The van der Waals surface area contributed by atoms with Gasteiger partial charge in [-0.05, 0) is 0 Å². The molecular weight excluding hydrogens is 110 g/mol. The summed E-state index contributed by atoms with van der Waals surface area (Å²) in [6.07, 6.45) is 1.26. The number of hydroxylamine groups is 4. The van der Waals surface area contributed by atoms with Crippen LogP contribution in [0.5, 0.6) is 0 Å². The zero-order valence-corrected chi connectivity index (χ0v) is 4.23. The van der Waals surface area contributed by atoms with Gasteiger partial charge in [0.2, 0.25) is 0 Å². The van der Waals surface area contributed by atoms with Gasteiger partial charge in [-0.1, -0.05) is 0 Å². The Hall–Kier alpha value is -0.650. The van der Waals surface area contributed by atoms with Gasteiger partial charge in [0.25, 0.3) is 0 Å². The van der Waals surface area contributed by atoms with Crippen LogP contribution in [0.15, 0.2) is 4.99 Å². The van der Waals surface area contributed by atoms with Crippen LogP contribution in [-0.4, -0.2) is 40.2 Å². The largest absolute Gasteiger partial charge is 0.310 e. The minimum absolute atomic E-state index is 0.101. The zero-order chi connectivity index (χ0) is 5.98. The van der Waals surface area contributed by atoms with Crippen molar-refractivity contribution in [3.05, 3.63) is 0 Å². The molecule has 0 amide bonds. The molecule has 0 aromatic carbocycles. The molecule has 0 aliphatic carbocycles. The van der Waals surface area contributed by atoms with E-state index >= 15 is 0 Å². The minimum Gasteiger partial charge on any atom is -0.310 e. The van der Waals surface area contributed by atoms with Crippen LogP contribution in [0.1, 0.15) is 0 Å². The van der Waals surface area contributed by atoms with Crippen LogP contribution in [0.2, 0.25) is 0 Å². The monoisotopic (exact) mass is 117 g/mol. The van der Waals surface area contributed by atoms with E-state index in [1.54, 1.807) is 0 Å². The molecule has 1 aliphatic rings. The summed E-state index contributed by atoms with van der Waals surface area (Å²) in [5.74, 6) is 0. The summed E-state index contributed by atoms with van der Waals surface area (Å²) in [5.41, 5.74) is 0. The molecule has 0 atom stereocenters. The molecule has 2 N–H and O–H groups in total. The fourth-order valence-corrected chi connectivity index (χ4v) is 0.474. The van der Waals surface area contributed by atoms with Crippen molar-refractivity contribution in [2.75, 3.05) is 13.3 Å². The van der Waals surface area contributed by atoms with E-state index in [0.29, 0.717) is 0 Å². The number of hydrogen-bond donors (Lipinski definition) is 2. The standard InChI is InChI=1S/C3H7N3O2/c7-5-1-4-2-6(8)3-5/h1,7-8H,2-3H2. The fourth-order valence-electron chi connectivity index (χ4n) is 0.474. The van der Waals surface area contributed by atoms with Crippen molar-refractivity contribution >= 4 is 6.34 Å². The molecule has 0 radical (unpaired) electrons. The molecule has 0 saturated carbocycles. The lowest BCUT2D eigenvalue weighted by Gasteiger charge is -2.21. The highest BCUT2D eigenvalue weighted by Gasteiger charge is 2.05. The van der Waals surface area contributed by atoms with Crippen molar-refractivity contribution in [1.82, 2.24) is 10.1 Å². The second-order valence-electron chi connectivity index (χ2n) is 1.53. The molecule has 1 heterocycles. The zero-order valence-electron chi connectivity index (χ0n) is 4.23. The van der Waals surface area contributed by atoms with E-state index in [0.717, 1.165) is 10.1 Å². The summed E-state index contributed by atoms with van der Waals surface area (Å²) in [6, 6.07) is 0. The van der Waals surface area contributed by atoms with Crippen molar-refractivity contribution in [1.29, 1.82) is 0 Å². The first-order valence-corrected chi connectivity index (χ1v) is 2.18. The smallest absolute Gasteiger partial charge is 0.124 e. The lowest BCUT2D eigenvalue weighted by molar-refractivity contribution is -0.175. The van der Waals surface area contributed by atoms with E-state index in [2.05, 4.69) is 4.99 Å². The van der Waals surface area contributed by atoms with Gasteiger partial charge in [0, 0.05) is 0 Å². The highest BCUT2D eigenvalue weighted by atomic mass is 16.5. The maximum Gasteiger partial charge on any atom is 0.124 e. The van der Waals surface area contributed by atoms with Gasteiger partial charge in [0.15, 0.2) is 0 Å². The van der Waals surface area contributed by atoms with Gasteiger partial charge in [-0.15, -0.1) is 5.06 Å². The van der Waals surface area contributed by atoms with Gasteiger partial charge in [0.05, 0.1) is 0 Å². The first-order chi connectivity index (χ1) is 3.79. The van der Waals surface area contributed by atoms with E-state index in [-0.39, 0.29) is 13.3 Å². The second kappa shape index (κ2) is 2.08. The first-order valence-electron chi connectivity index (χ1n) is 2.18. The molecule has 8 heavy (non-hydrogen) atoms. The van der Waals surface area contributed by atoms with Crippen LogP contribution in [-0.2, 0) is 0 Å². The maximum absolute atomic E-state index is 8.60. The lowest BCUT2D eigenvalue weighted by atomic mass is 10.8. The van der Waals surface area contributed by atoms with Crippen LogP contribution < -0.4 is 0 Å². The molecule has 1 rings (SSSR count). The van der Waals surface area contributed by atoms with Crippen LogP contribution in [0.25, 0.3) is 0 Å².